The van der Waals surface area contributed by atoms with Gasteiger partial charge in [0.25, 0.3) is 0 Å². The zero-order valence-electron chi connectivity index (χ0n) is 11.8. The predicted octanol–water partition coefficient (Wildman–Crippen LogP) is 1.91. The topological polar surface area (TPSA) is 24.9 Å². The maximum Gasteiger partial charge on any atom is 0.184 e. The van der Waals surface area contributed by atoms with Crippen LogP contribution in [0.4, 0.5) is 5.69 Å². The van der Waals surface area contributed by atoms with Gasteiger partial charge >= 0.3 is 0 Å². The molecule has 0 amide bonds. The van der Waals surface area contributed by atoms with Gasteiger partial charge in [-0.05, 0) is 31.2 Å². The molecule has 0 N–H and O–H groups in total. The van der Waals surface area contributed by atoms with Gasteiger partial charge < -0.3 is 19.3 Å². The molecule has 0 aromatic heterocycles. The van der Waals surface area contributed by atoms with Gasteiger partial charge in [-0.25, -0.2) is 0 Å². The van der Waals surface area contributed by atoms with Gasteiger partial charge in [0.2, 0.25) is 0 Å². The molecule has 0 radical (unpaired) electrons. The van der Waals surface area contributed by atoms with Gasteiger partial charge in [0.05, 0.1) is 5.69 Å². The quantitative estimate of drug-likeness (QED) is 0.813. The second-order valence-corrected chi connectivity index (χ2v) is 5.23. The van der Waals surface area contributed by atoms with Crippen molar-refractivity contribution in [2.45, 2.75) is 13.8 Å². The summed E-state index contributed by atoms with van der Waals surface area (Å²) < 4.78 is 11.6. The lowest BCUT2D eigenvalue weighted by Crippen LogP contribution is -2.46. The van der Waals surface area contributed by atoms with Crippen molar-refractivity contribution in [2.24, 2.45) is 0 Å². The molecule has 0 bridgehead atoms. The Morgan fingerprint density at radius 2 is 1.79 bits per heavy atom. The summed E-state index contributed by atoms with van der Waals surface area (Å²) in [5.74, 6) is 1.83. The molecule has 0 spiro atoms. The second kappa shape index (κ2) is 5.29. The lowest BCUT2D eigenvalue weighted by Gasteiger charge is -2.37. The molecule has 3 rings (SSSR count). The minimum Gasteiger partial charge on any atom is -0.486 e. The summed E-state index contributed by atoms with van der Waals surface area (Å²) in [4.78, 5) is 4.91. The normalized spacial score (nSPS) is 19.6. The van der Waals surface area contributed by atoms with Crippen molar-refractivity contribution >= 4 is 5.69 Å². The number of hydrogen-bond donors (Lipinski definition) is 0. The van der Waals surface area contributed by atoms with Gasteiger partial charge in [0.15, 0.2) is 11.5 Å². The number of likely N-dealkylation sites (N-methyl/N-ethyl adjacent to an activating group) is 1. The van der Waals surface area contributed by atoms with Gasteiger partial charge in [-0.15, -0.1) is 0 Å². The van der Waals surface area contributed by atoms with Crippen molar-refractivity contribution in [2.75, 3.05) is 50.8 Å². The Labute approximate surface area is 114 Å². The molecule has 0 aliphatic carbocycles. The molecule has 1 aromatic rings. The van der Waals surface area contributed by atoms with Crippen molar-refractivity contribution in [3.63, 3.8) is 0 Å². The van der Waals surface area contributed by atoms with Gasteiger partial charge in [0.1, 0.15) is 13.2 Å². The third-order valence-electron chi connectivity index (χ3n) is 3.93. The fourth-order valence-electron chi connectivity index (χ4n) is 2.81. The summed E-state index contributed by atoms with van der Waals surface area (Å²) in [6.07, 6.45) is 0. The molecule has 0 atom stereocenters. The minimum absolute atomic E-state index is 0.651. The first kappa shape index (κ1) is 12.6. The third kappa shape index (κ3) is 2.50. The van der Waals surface area contributed by atoms with E-state index in [4.69, 9.17) is 9.47 Å². The summed E-state index contributed by atoms with van der Waals surface area (Å²) in [5, 5.41) is 0. The highest BCUT2D eigenvalue weighted by Gasteiger charge is 2.23. The van der Waals surface area contributed by atoms with E-state index in [1.54, 1.807) is 0 Å². The average molecular weight is 262 g/mol. The van der Waals surface area contributed by atoms with E-state index in [2.05, 4.69) is 35.8 Å². The van der Waals surface area contributed by atoms with Crippen LogP contribution in [0.1, 0.15) is 12.5 Å². The Morgan fingerprint density at radius 1 is 1.05 bits per heavy atom. The van der Waals surface area contributed by atoms with E-state index < -0.39 is 0 Å². The highest BCUT2D eigenvalue weighted by atomic mass is 16.6. The van der Waals surface area contributed by atoms with Gasteiger partial charge in [-0.2, -0.15) is 0 Å². The highest BCUT2D eigenvalue weighted by molar-refractivity contribution is 5.67. The molecule has 4 heteroatoms. The van der Waals surface area contributed by atoms with E-state index >= 15 is 0 Å². The Hall–Kier alpha value is -1.42. The SMILES string of the molecule is CCN1CCN(c2cc(C)cc3c2OCCO3)CC1. The number of aryl methyl sites for hydroxylation is 1. The van der Waals surface area contributed by atoms with E-state index in [9.17, 15) is 0 Å². The molecule has 1 saturated heterocycles. The van der Waals surface area contributed by atoms with Crippen molar-refractivity contribution in [3.05, 3.63) is 17.7 Å². The maximum atomic E-state index is 5.84. The van der Waals surface area contributed by atoms with Crippen LogP contribution in [-0.2, 0) is 0 Å². The number of rotatable bonds is 2. The Bertz CT molecular complexity index is 454. The van der Waals surface area contributed by atoms with Crippen molar-refractivity contribution in [3.8, 4) is 11.5 Å². The molecule has 1 fully saturated rings. The minimum atomic E-state index is 0.651. The Balaban J connectivity index is 1.86. The number of anilines is 1. The van der Waals surface area contributed by atoms with Crippen LogP contribution in [0.2, 0.25) is 0 Å². The van der Waals surface area contributed by atoms with Crippen molar-refractivity contribution in [1.82, 2.24) is 4.90 Å². The second-order valence-electron chi connectivity index (χ2n) is 5.23. The first-order valence-corrected chi connectivity index (χ1v) is 7.15. The number of piperazine rings is 1. The molecule has 1 aromatic carbocycles. The molecule has 4 nitrogen and oxygen atoms in total. The molecule has 104 valence electrons. The molecule has 2 aliphatic rings. The number of benzene rings is 1. The van der Waals surface area contributed by atoms with E-state index in [0.717, 1.165) is 44.2 Å². The van der Waals surface area contributed by atoms with Crippen molar-refractivity contribution in [1.29, 1.82) is 0 Å². The molecule has 2 heterocycles. The Kier molecular flexibility index (Phi) is 3.51. The van der Waals surface area contributed by atoms with Gasteiger partial charge in [0, 0.05) is 26.2 Å². The van der Waals surface area contributed by atoms with E-state index in [1.165, 1.54) is 11.3 Å². The van der Waals surface area contributed by atoms with Crippen molar-refractivity contribution < 1.29 is 9.47 Å². The number of ether oxygens (including phenoxy) is 2. The molecule has 0 unspecified atom stereocenters. The van der Waals surface area contributed by atoms with Crippen LogP contribution in [0.3, 0.4) is 0 Å². The van der Waals surface area contributed by atoms with Crippen LogP contribution in [0, 0.1) is 6.92 Å². The zero-order chi connectivity index (χ0) is 13.2. The molecular formula is C15H22N2O2. The fraction of sp³-hybridized carbons (Fsp3) is 0.600. The zero-order valence-corrected chi connectivity index (χ0v) is 11.8. The van der Waals surface area contributed by atoms with Crippen LogP contribution in [0.25, 0.3) is 0 Å². The highest BCUT2D eigenvalue weighted by Crippen LogP contribution is 2.41. The Morgan fingerprint density at radius 3 is 2.53 bits per heavy atom. The summed E-state index contributed by atoms with van der Waals surface area (Å²) in [6, 6.07) is 4.29. The van der Waals surface area contributed by atoms with Crippen LogP contribution in [0.15, 0.2) is 12.1 Å². The van der Waals surface area contributed by atoms with Crippen LogP contribution >= 0.6 is 0 Å². The van der Waals surface area contributed by atoms with E-state index in [0.29, 0.717) is 13.2 Å². The number of hydrogen-bond acceptors (Lipinski definition) is 4. The average Bonchev–Trinajstić information content (AvgIpc) is 2.46. The summed E-state index contributed by atoms with van der Waals surface area (Å²) >= 11 is 0. The van der Waals surface area contributed by atoms with Crippen LogP contribution < -0.4 is 14.4 Å². The summed E-state index contributed by atoms with van der Waals surface area (Å²) in [6.45, 7) is 11.2. The third-order valence-corrected chi connectivity index (χ3v) is 3.93. The largest absolute Gasteiger partial charge is 0.486 e. The molecule has 19 heavy (non-hydrogen) atoms. The van der Waals surface area contributed by atoms with Crippen LogP contribution in [0.5, 0.6) is 11.5 Å². The first-order valence-electron chi connectivity index (χ1n) is 7.15. The van der Waals surface area contributed by atoms with E-state index in [1.807, 2.05) is 0 Å². The standard InChI is InChI=1S/C15H22N2O2/c1-3-16-4-6-17(7-5-16)13-10-12(2)11-14-15(13)19-9-8-18-14/h10-11H,3-9H2,1-2H3. The molecule has 2 aliphatic heterocycles. The lowest BCUT2D eigenvalue weighted by molar-refractivity contribution is 0.171. The van der Waals surface area contributed by atoms with Gasteiger partial charge in [-0.3, -0.25) is 0 Å². The maximum absolute atomic E-state index is 5.84. The first-order chi connectivity index (χ1) is 9.28. The fourth-order valence-corrected chi connectivity index (χ4v) is 2.81. The number of nitrogens with zero attached hydrogens (tertiary/aromatic N) is 2. The predicted molar refractivity (Wildman–Crippen MR) is 76.5 cm³/mol. The lowest BCUT2D eigenvalue weighted by atomic mass is 10.1. The summed E-state index contributed by atoms with van der Waals surface area (Å²) in [5.41, 5.74) is 2.43. The molecular weight excluding hydrogens is 240 g/mol. The summed E-state index contributed by atoms with van der Waals surface area (Å²) in [7, 11) is 0. The molecule has 0 saturated carbocycles. The van der Waals surface area contributed by atoms with Gasteiger partial charge in [-0.1, -0.05) is 6.92 Å². The monoisotopic (exact) mass is 262 g/mol. The smallest absolute Gasteiger partial charge is 0.184 e. The number of fused-ring (bicyclic) bond motifs is 1. The van der Waals surface area contributed by atoms with Crippen LogP contribution in [-0.4, -0.2) is 50.8 Å². The van der Waals surface area contributed by atoms with E-state index in [-0.39, 0.29) is 0 Å².